The lowest BCUT2D eigenvalue weighted by molar-refractivity contribution is 0.639. The van der Waals surface area contributed by atoms with Crippen LogP contribution in [0.3, 0.4) is 0 Å². The second-order valence-electron chi connectivity index (χ2n) is 4.51. The van der Waals surface area contributed by atoms with Gasteiger partial charge in [-0.2, -0.15) is 0 Å². The van der Waals surface area contributed by atoms with Crippen LogP contribution in [-0.4, -0.2) is 16.2 Å². The zero-order valence-electron chi connectivity index (χ0n) is 10.4. The van der Waals surface area contributed by atoms with Crippen molar-refractivity contribution in [1.82, 2.24) is 10.2 Å². The van der Waals surface area contributed by atoms with Gasteiger partial charge in [-0.15, -0.1) is 16.8 Å². The Kier molecular flexibility index (Phi) is 5.46. The number of nitrogens with one attached hydrogen (secondary N) is 1. The third-order valence-corrected chi connectivity index (χ3v) is 3.10. The van der Waals surface area contributed by atoms with Crippen molar-refractivity contribution in [1.29, 1.82) is 0 Å². The summed E-state index contributed by atoms with van der Waals surface area (Å²) in [4.78, 5) is 0. The molecule has 1 aromatic heterocycles. The molecule has 1 N–H and O–H groups in total. The van der Waals surface area contributed by atoms with Crippen LogP contribution in [0.25, 0.3) is 0 Å². The Bertz CT molecular complexity index is 320. The van der Waals surface area contributed by atoms with Crippen molar-refractivity contribution < 1.29 is 0 Å². The highest BCUT2D eigenvalue weighted by atomic mass is 32.1. The van der Waals surface area contributed by atoms with Crippen molar-refractivity contribution in [3.8, 4) is 0 Å². The SMILES string of the molecule is C=CCCC(C)Nc1nnc(CC(C)C)s1. The Morgan fingerprint density at radius 3 is 2.75 bits per heavy atom. The van der Waals surface area contributed by atoms with Crippen molar-refractivity contribution in [3.63, 3.8) is 0 Å². The van der Waals surface area contributed by atoms with E-state index < -0.39 is 0 Å². The van der Waals surface area contributed by atoms with Crippen molar-refractivity contribution >= 4 is 16.5 Å². The van der Waals surface area contributed by atoms with Crippen LogP contribution < -0.4 is 5.32 Å². The van der Waals surface area contributed by atoms with E-state index in [-0.39, 0.29) is 0 Å². The number of anilines is 1. The summed E-state index contributed by atoms with van der Waals surface area (Å²) in [5.74, 6) is 0.638. The molecule has 0 saturated heterocycles. The maximum Gasteiger partial charge on any atom is 0.205 e. The van der Waals surface area contributed by atoms with Crippen LogP contribution in [0.15, 0.2) is 12.7 Å². The van der Waals surface area contributed by atoms with E-state index in [0.29, 0.717) is 12.0 Å². The van der Waals surface area contributed by atoms with Gasteiger partial charge in [-0.1, -0.05) is 31.3 Å². The topological polar surface area (TPSA) is 37.8 Å². The van der Waals surface area contributed by atoms with Crippen LogP contribution in [0.5, 0.6) is 0 Å². The van der Waals surface area contributed by atoms with E-state index in [1.54, 1.807) is 11.3 Å². The fourth-order valence-electron chi connectivity index (χ4n) is 1.39. The van der Waals surface area contributed by atoms with Crippen LogP contribution in [0.1, 0.15) is 38.6 Å². The summed E-state index contributed by atoms with van der Waals surface area (Å²) >= 11 is 1.66. The maximum absolute atomic E-state index is 4.18. The smallest absolute Gasteiger partial charge is 0.205 e. The quantitative estimate of drug-likeness (QED) is 0.740. The molecule has 1 aromatic rings. The van der Waals surface area contributed by atoms with E-state index >= 15 is 0 Å². The maximum atomic E-state index is 4.18. The lowest BCUT2D eigenvalue weighted by Gasteiger charge is -2.10. The lowest BCUT2D eigenvalue weighted by atomic mass is 10.1. The molecule has 0 aliphatic carbocycles. The number of rotatable bonds is 7. The fourth-order valence-corrected chi connectivity index (χ4v) is 2.46. The molecule has 0 saturated carbocycles. The summed E-state index contributed by atoms with van der Waals surface area (Å²) in [5, 5.41) is 13.7. The van der Waals surface area contributed by atoms with E-state index in [2.05, 4.69) is 42.9 Å². The van der Waals surface area contributed by atoms with Crippen LogP contribution in [0.4, 0.5) is 5.13 Å². The molecular weight excluding hydrogens is 218 g/mol. The highest BCUT2D eigenvalue weighted by Gasteiger charge is 2.08. The van der Waals surface area contributed by atoms with Crippen LogP contribution in [0, 0.1) is 5.92 Å². The molecule has 1 rings (SSSR count). The first kappa shape index (κ1) is 13.2. The van der Waals surface area contributed by atoms with Crippen LogP contribution in [-0.2, 0) is 6.42 Å². The fraction of sp³-hybridized carbons (Fsp3) is 0.667. The molecule has 0 bridgehead atoms. The first-order valence-electron chi connectivity index (χ1n) is 5.81. The van der Waals surface area contributed by atoms with Gasteiger partial charge in [-0.25, -0.2) is 0 Å². The van der Waals surface area contributed by atoms with Gasteiger partial charge in [-0.05, 0) is 25.7 Å². The average molecular weight is 239 g/mol. The number of hydrogen-bond donors (Lipinski definition) is 1. The Labute approximate surface area is 102 Å². The van der Waals surface area contributed by atoms with Crippen LogP contribution >= 0.6 is 11.3 Å². The third-order valence-electron chi connectivity index (χ3n) is 2.22. The van der Waals surface area contributed by atoms with Gasteiger partial charge in [0.05, 0.1) is 0 Å². The van der Waals surface area contributed by atoms with Crippen molar-refractivity contribution in [3.05, 3.63) is 17.7 Å². The summed E-state index contributed by atoms with van der Waals surface area (Å²) < 4.78 is 0. The third kappa shape index (κ3) is 4.75. The molecule has 16 heavy (non-hydrogen) atoms. The summed E-state index contributed by atoms with van der Waals surface area (Å²) in [5.41, 5.74) is 0. The van der Waals surface area contributed by atoms with Gasteiger partial charge in [0.1, 0.15) is 5.01 Å². The standard InChI is InChI=1S/C12H21N3S/c1-5-6-7-10(4)13-12-15-14-11(16-12)8-9(2)3/h5,9-10H,1,6-8H2,2-4H3,(H,13,15). The van der Waals surface area contributed by atoms with Gasteiger partial charge >= 0.3 is 0 Å². The van der Waals surface area contributed by atoms with Crippen molar-refractivity contribution in [2.75, 3.05) is 5.32 Å². The van der Waals surface area contributed by atoms with E-state index in [0.717, 1.165) is 29.4 Å². The molecule has 3 nitrogen and oxygen atoms in total. The molecule has 90 valence electrons. The number of allylic oxidation sites excluding steroid dienone is 1. The minimum absolute atomic E-state index is 0.429. The van der Waals surface area contributed by atoms with Gasteiger partial charge in [0.15, 0.2) is 0 Å². The molecule has 1 atom stereocenters. The second-order valence-corrected chi connectivity index (χ2v) is 5.57. The first-order valence-corrected chi connectivity index (χ1v) is 6.63. The summed E-state index contributed by atoms with van der Waals surface area (Å²) in [6.07, 6.45) is 5.08. The molecule has 0 fully saturated rings. The molecule has 0 spiro atoms. The molecule has 1 heterocycles. The minimum Gasteiger partial charge on any atom is -0.358 e. The van der Waals surface area contributed by atoms with Crippen LogP contribution in [0.2, 0.25) is 0 Å². The number of aromatic nitrogens is 2. The summed E-state index contributed by atoms with van der Waals surface area (Å²) in [6.45, 7) is 10.3. The zero-order valence-corrected chi connectivity index (χ0v) is 11.2. The van der Waals surface area contributed by atoms with Gasteiger partial charge in [0, 0.05) is 12.5 Å². The Balaban J connectivity index is 2.41. The first-order chi connectivity index (χ1) is 7.61. The molecule has 0 amide bonds. The molecule has 0 aromatic carbocycles. The van der Waals surface area contributed by atoms with E-state index in [1.165, 1.54) is 0 Å². The van der Waals surface area contributed by atoms with Gasteiger partial charge in [0.2, 0.25) is 5.13 Å². The average Bonchev–Trinajstić information content (AvgIpc) is 2.61. The van der Waals surface area contributed by atoms with Gasteiger partial charge < -0.3 is 5.32 Å². The van der Waals surface area contributed by atoms with Crippen molar-refractivity contribution in [2.24, 2.45) is 5.92 Å². The monoisotopic (exact) mass is 239 g/mol. The predicted molar refractivity (Wildman–Crippen MR) is 71.0 cm³/mol. The predicted octanol–water partition coefficient (Wildman–Crippen LogP) is 3.50. The molecule has 1 unspecified atom stereocenters. The number of nitrogens with zero attached hydrogens (tertiary/aromatic N) is 2. The highest BCUT2D eigenvalue weighted by Crippen LogP contribution is 2.19. The largest absolute Gasteiger partial charge is 0.358 e. The van der Waals surface area contributed by atoms with E-state index in [1.807, 2.05) is 6.08 Å². The summed E-state index contributed by atoms with van der Waals surface area (Å²) in [6, 6.07) is 0.429. The summed E-state index contributed by atoms with van der Waals surface area (Å²) in [7, 11) is 0. The number of hydrogen-bond acceptors (Lipinski definition) is 4. The lowest BCUT2D eigenvalue weighted by Crippen LogP contribution is -2.14. The highest BCUT2D eigenvalue weighted by molar-refractivity contribution is 7.15. The Morgan fingerprint density at radius 1 is 1.38 bits per heavy atom. The minimum atomic E-state index is 0.429. The van der Waals surface area contributed by atoms with Gasteiger partial charge in [0.25, 0.3) is 0 Å². The molecule has 4 heteroatoms. The Hall–Kier alpha value is -0.900. The van der Waals surface area contributed by atoms with Gasteiger partial charge in [-0.3, -0.25) is 0 Å². The Morgan fingerprint density at radius 2 is 2.12 bits per heavy atom. The van der Waals surface area contributed by atoms with E-state index in [9.17, 15) is 0 Å². The molecule has 0 aliphatic rings. The molecule has 0 aliphatic heterocycles. The second kappa shape index (κ2) is 6.63. The van der Waals surface area contributed by atoms with E-state index in [4.69, 9.17) is 0 Å². The van der Waals surface area contributed by atoms with Crippen molar-refractivity contribution in [2.45, 2.75) is 46.1 Å². The molecular formula is C12H21N3S. The molecule has 0 radical (unpaired) electrons. The zero-order chi connectivity index (χ0) is 12.0. The normalized spacial score (nSPS) is 12.8.